The van der Waals surface area contributed by atoms with Crippen LogP contribution >= 0.6 is 0 Å². The van der Waals surface area contributed by atoms with E-state index in [1.54, 1.807) is 0 Å². The molecule has 0 atom stereocenters. The highest BCUT2D eigenvalue weighted by molar-refractivity contribution is 5.59. The van der Waals surface area contributed by atoms with Gasteiger partial charge in [0.25, 0.3) is 0 Å². The van der Waals surface area contributed by atoms with Gasteiger partial charge in [0, 0.05) is 11.8 Å². The summed E-state index contributed by atoms with van der Waals surface area (Å²) in [4.78, 5) is 4.77. The maximum absolute atomic E-state index is 4.77. The molecule has 25 heavy (non-hydrogen) atoms. The van der Waals surface area contributed by atoms with E-state index in [9.17, 15) is 0 Å². The van der Waals surface area contributed by atoms with E-state index in [-0.39, 0.29) is 0 Å². The van der Waals surface area contributed by atoms with E-state index in [0.717, 1.165) is 17.5 Å². The third kappa shape index (κ3) is 4.93. The van der Waals surface area contributed by atoms with Crippen LogP contribution in [0, 0.1) is 5.92 Å². The summed E-state index contributed by atoms with van der Waals surface area (Å²) in [6.07, 6.45) is 14.0. The summed E-state index contributed by atoms with van der Waals surface area (Å²) in [6.45, 7) is 4.59. The van der Waals surface area contributed by atoms with Crippen LogP contribution in [0.25, 0.3) is 11.3 Å². The van der Waals surface area contributed by atoms with Gasteiger partial charge in [-0.3, -0.25) is 4.98 Å². The second kappa shape index (κ2) is 9.17. The van der Waals surface area contributed by atoms with Crippen LogP contribution < -0.4 is 0 Å². The van der Waals surface area contributed by atoms with Crippen molar-refractivity contribution in [3.63, 3.8) is 0 Å². The molecule has 3 rings (SSSR count). The Morgan fingerprint density at radius 1 is 0.880 bits per heavy atom. The lowest BCUT2D eigenvalue weighted by Crippen LogP contribution is -2.12. The molecule has 0 amide bonds. The predicted molar refractivity (Wildman–Crippen MR) is 108 cm³/mol. The number of rotatable bonds is 7. The van der Waals surface area contributed by atoms with E-state index < -0.39 is 0 Å². The molecule has 1 aliphatic rings. The van der Waals surface area contributed by atoms with Gasteiger partial charge in [0.15, 0.2) is 0 Å². The van der Waals surface area contributed by atoms with Gasteiger partial charge in [0.1, 0.15) is 0 Å². The van der Waals surface area contributed by atoms with Gasteiger partial charge in [-0.05, 0) is 67.6 Å². The minimum atomic E-state index is 0.727. The lowest BCUT2D eigenvalue weighted by Gasteiger charge is -2.27. The molecule has 0 aliphatic heterocycles. The maximum Gasteiger partial charge on any atom is 0.0702 e. The van der Waals surface area contributed by atoms with Gasteiger partial charge in [-0.1, -0.05) is 63.4 Å². The molecule has 1 aromatic carbocycles. The zero-order valence-corrected chi connectivity index (χ0v) is 16.0. The van der Waals surface area contributed by atoms with Crippen LogP contribution in [0.3, 0.4) is 0 Å². The molecule has 1 heterocycles. The second-order valence-corrected chi connectivity index (χ2v) is 7.76. The van der Waals surface area contributed by atoms with Crippen LogP contribution in [-0.4, -0.2) is 4.98 Å². The van der Waals surface area contributed by atoms with Crippen molar-refractivity contribution in [3.8, 4) is 11.3 Å². The van der Waals surface area contributed by atoms with E-state index >= 15 is 0 Å². The number of unbranched alkanes of at least 4 members (excludes halogenated alkanes) is 2. The van der Waals surface area contributed by atoms with Crippen molar-refractivity contribution in [2.24, 2.45) is 5.92 Å². The van der Waals surface area contributed by atoms with Crippen LogP contribution in [0.15, 0.2) is 42.6 Å². The zero-order chi connectivity index (χ0) is 17.5. The van der Waals surface area contributed by atoms with Crippen molar-refractivity contribution in [2.75, 3.05) is 0 Å². The molecule has 1 saturated carbocycles. The molecule has 0 saturated heterocycles. The minimum absolute atomic E-state index is 0.727. The van der Waals surface area contributed by atoms with Gasteiger partial charge in [0.05, 0.1) is 5.69 Å². The standard InChI is InChI=1S/C24H33N/c1-3-5-6-7-20-10-14-22(15-11-20)24-17-16-23(18-25-24)21-12-8-19(4-2)9-13-21/h10-11,14-19,21H,3-9,12-13H2,1-2H3. The molecule has 134 valence electrons. The number of nitrogens with zero attached hydrogens (tertiary/aromatic N) is 1. The number of hydrogen-bond acceptors (Lipinski definition) is 1. The summed E-state index contributed by atoms with van der Waals surface area (Å²) in [5.74, 6) is 1.68. The summed E-state index contributed by atoms with van der Waals surface area (Å²) in [5, 5.41) is 0. The average molecular weight is 336 g/mol. The van der Waals surface area contributed by atoms with E-state index in [4.69, 9.17) is 4.98 Å². The molecule has 0 radical (unpaired) electrons. The highest BCUT2D eigenvalue weighted by Crippen LogP contribution is 2.37. The van der Waals surface area contributed by atoms with Gasteiger partial charge < -0.3 is 0 Å². The maximum atomic E-state index is 4.77. The van der Waals surface area contributed by atoms with Gasteiger partial charge in [-0.2, -0.15) is 0 Å². The Bertz CT molecular complexity index is 618. The summed E-state index contributed by atoms with van der Waals surface area (Å²) < 4.78 is 0. The summed E-state index contributed by atoms with van der Waals surface area (Å²) >= 11 is 0. The molecule has 0 spiro atoms. The largest absolute Gasteiger partial charge is 0.256 e. The molecule has 0 bridgehead atoms. The van der Waals surface area contributed by atoms with Gasteiger partial charge >= 0.3 is 0 Å². The van der Waals surface area contributed by atoms with E-state index in [0.29, 0.717) is 0 Å². The van der Waals surface area contributed by atoms with E-state index in [1.165, 1.54) is 74.5 Å². The molecule has 1 fully saturated rings. The van der Waals surface area contributed by atoms with Crippen molar-refractivity contribution >= 4 is 0 Å². The Labute approximate surface area is 153 Å². The fourth-order valence-electron chi connectivity index (χ4n) is 4.14. The lowest BCUT2D eigenvalue weighted by molar-refractivity contribution is 0.318. The number of aryl methyl sites for hydroxylation is 1. The second-order valence-electron chi connectivity index (χ2n) is 7.76. The summed E-state index contributed by atoms with van der Waals surface area (Å²) in [5.41, 5.74) is 5.22. The van der Waals surface area contributed by atoms with E-state index in [1.807, 2.05) is 0 Å². The van der Waals surface area contributed by atoms with Crippen LogP contribution in [-0.2, 0) is 6.42 Å². The van der Waals surface area contributed by atoms with E-state index in [2.05, 4.69) is 56.4 Å². The topological polar surface area (TPSA) is 12.9 Å². The normalized spacial score (nSPS) is 20.6. The Morgan fingerprint density at radius 3 is 2.24 bits per heavy atom. The Balaban J connectivity index is 1.60. The van der Waals surface area contributed by atoms with Crippen LogP contribution in [0.4, 0.5) is 0 Å². The summed E-state index contributed by atoms with van der Waals surface area (Å²) in [7, 11) is 0. The van der Waals surface area contributed by atoms with Crippen molar-refractivity contribution in [2.45, 2.75) is 77.6 Å². The van der Waals surface area contributed by atoms with Crippen molar-refractivity contribution in [1.29, 1.82) is 0 Å². The van der Waals surface area contributed by atoms with Crippen LogP contribution in [0.5, 0.6) is 0 Å². The third-order valence-corrected chi connectivity index (χ3v) is 6.00. The molecule has 2 aromatic rings. The van der Waals surface area contributed by atoms with Gasteiger partial charge in [0.2, 0.25) is 0 Å². The first-order chi connectivity index (χ1) is 12.3. The van der Waals surface area contributed by atoms with Crippen LogP contribution in [0.1, 0.15) is 82.3 Å². The quantitative estimate of drug-likeness (QED) is 0.489. The molecule has 1 heteroatoms. The van der Waals surface area contributed by atoms with Crippen LogP contribution in [0.2, 0.25) is 0 Å². The molecular weight excluding hydrogens is 302 g/mol. The average Bonchev–Trinajstić information content (AvgIpc) is 2.69. The molecule has 0 N–H and O–H groups in total. The minimum Gasteiger partial charge on any atom is -0.256 e. The van der Waals surface area contributed by atoms with Crippen molar-refractivity contribution in [1.82, 2.24) is 4.98 Å². The van der Waals surface area contributed by atoms with Crippen molar-refractivity contribution < 1.29 is 0 Å². The fourth-order valence-corrected chi connectivity index (χ4v) is 4.14. The first kappa shape index (κ1) is 18.2. The Kier molecular flexibility index (Phi) is 6.67. The van der Waals surface area contributed by atoms with Gasteiger partial charge in [-0.15, -0.1) is 0 Å². The summed E-state index contributed by atoms with van der Waals surface area (Å²) in [6, 6.07) is 13.5. The number of aromatic nitrogens is 1. The first-order valence-electron chi connectivity index (χ1n) is 10.4. The lowest BCUT2D eigenvalue weighted by atomic mass is 9.78. The smallest absolute Gasteiger partial charge is 0.0702 e. The number of benzene rings is 1. The number of hydrogen-bond donors (Lipinski definition) is 0. The third-order valence-electron chi connectivity index (χ3n) is 6.00. The fraction of sp³-hybridized carbons (Fsp3) is 0.542. The van der Waals surface area contributed by atoms with Crippen molar-refractivity contribution in [3.05, 3.63) is 53.7 Å². The number of pyridine rings is 1. The SMILES string of the molecule is CCCCCc1ccc(-c2ccc(C3CCC(CC)CC3)cn2)cc1. The monoisotopic (exact) mass is 335 g/mol. The molecular formula is C24H33N. The van der Waals surface area contributed by atoms with Gasteiger partial charge in [-0.25, -0.2) is 0 Å². The highest BCUT2D eigenvalue weighted by Gasteiger charge is 2.21. The predicted octanol–water partition coefficient (Wildman–Crippen LogP) is 7.17. The Hall–Kier alpha value is -1.63. The highest BCUT2D eigenvalue weighted by atomic mass is 14.7. The molecule has 1 aromatic heterocycles. The Morgan fingerprint density at radius 2 is 1.64 bits per heavy atom. The zero-order valence-electron chi connectivity index (χ0n) is 16.0. The molecule has 0 unspecified atom stereocenters. The first-order valence-corrected chi connectivity index (χ1v) is 10.4. The molecule has 1 nitrogen and oxygen atoms in total. The molecule has 1 aliphatic carbocycles.